The summed E-state index contributed by atoms with van der Waals surface area (Å²) in [5.74, 6) is 0.682. The molecule has 1 saturated carbocycles. The summed E-state index contributed by atoms with van der Waals surface area (Å²) in [7, 11) is 1.83. The van der Waals surface area contributed by atoms with Gasteiger partial charge in [0.05, 0.1) is 0 Å². The quantitative estimate of drug-likeness (QED) is 0.814. The van der Waals surface area contributed by atoms with Gasteiger partial charge >= 0.3 is 0 Å². The van der Waals surface area contributed by atoms with Crippen LogP contribution in [0.2, 0.25) is 0 Å². The topological polar surface area (TPSA) is 49.8 Å². The minimum absolute atomic E-state index is 0.682. The largest absolute Gasteiger partial charge is 0.357 e. The van der Waals surface area contributed by atoms with Gasteiger partial charge in [0.15, 0.2) is 0 Å². The highest BCUT2D eigenvalue weighted by atomic mass is 15.1. The number of anilines is 1. The Morgan fingerprint density at radius 2 is 1.88 bits per heavy atom. The zero-order valence-corrected chi connectivity index (χ0v) is 9.87. The lowest BCUT2D eigenvalue weighted by Gasteiger charge is -2.22. The molecule has 0 aliphatic heterocycles. The molecule has 2 rings (SSSR count). The normalized spacial score (nSPS) is 17.3. The summed E-state index contributed by atoms with van der Waals surface area (Å²) < 4.78 is 0. The van der Waals surface area contributed by atoms with E-state index in [0.717, 1.165) is 12.1 Å². The Hall–Kier alpha value is -1.16. The van der Waals surface area contributed by atoms with E-state index in [-0.39, 0.29) is 0 Å². The summed E-state index contributed by atoms with van der Waals surface area (Å²) in [4.78, 5) is 8.40. The maximum absolute atomic E-state index is 4.20. The van der Waals surface area contributed by atoms with Crippen molar-refractivity contribution in [2.75, 3.05) is 12.4 Å². The lowest BCUT2D eigenvalue weighted by Crippen LogP contribution is -2.30. The van der Waals surface area contributed by atoms with Crippen molar-refractivity contribution in [3.8, 4) is 0 Å². The number of aromatic nitrogens is 2. The third-order valence-corrected chi connectivity index (χ3v) is 3.13. The molecule has 0 bridgehead atoms. The van der Waals surface area contributed by atoms with Crippen molar-refractivity contribution in [2.45, 2.75) is 44.7 Å². The third kappa shape index (κ3) is 3.17. The number of nitrogens with zero attached hydrogens (tertiary/aromatic N) is 2. The van der Waals surface area contributed by atoms with E-state index >= 15 is 0 Å². The fourth-order valence-corrected chi connectivity index (χ4v) is 2.14. The first-order valence-corrected chi connectivity index (χ1v) is 6.10. The molecule has 0 spiro atoms. The van der Waals surface area contributed by atoms with Crippen LogP contribution in [-0.2, 0) is 6.54 Å². The average Bonchev–Trinajstić information content (AvgIpc) is 2.38. The summed E-state index contributed by atoms with van der Waals surface area (Å²) >= 11 is 0. The van der Waals surface area contributed by atoms with Gasteiger partial charge in [0.2, 0.25) is 5.95 Å². The fraction of sp³-hybridized carbons (Fsp3) is 0.667. The van der Waals surface area contributed by atoms with Gasteiger partial charge in [0, 0.05) is 37.6 Å². The van der Waals surface area contributed by atoms with E-state index in [4.69, 9.17) is 0 Å². The van der Waals surface area contributed by atoms with Crippen LogP contribution in [0.3, 0.4) is 0 Å². The van der Waals surface area contributed by atoms with Crippen LogP contribution in [0.5, 0.6) is 0 Å². The summed E-state index contributed by atoms with van der Waals surface area (Å²) in [5.41, 5.74) is 1.16. The van der Waals surface area contributed by atoms with Crippen LogP contribution >= 0.6 is 0 Å². The molecule has 16 heavy (non-hydrogen) atoms. The van der Waals surface area contributed by atoms with Gasteiger partial charge in [-0.05, 0) is 12.8 Å². The minimum Gasteiger partial charge on any atom is -0.357 e. The Morgan fingerprint density at radius 3 is 2.50 bits per heavy atom. The predicted molar refractivity (Wildman–Crippen MR) is 65.3 cm³/mol. The molecule has 1 aliphatic carbocycles. The van der Waals surface area contributed by atoms with E-state index in [1.54, 1.807) is 0 Å². The zero-order chi connectivity index (χ0) is 11.2. The Kier molecular flexibility index (Phi) is 4.10. The molecule has 4 nitrogen and oxygen atoms in total. The molecule has 0 atom stereocenters. The Labute approximate surface area is 96.9 Å². The fourth-order valence-electron chi connectivity index (χ4n) is 2.14. The van der Waals surface area contributed by atoms with Crippen molar-refractivity contribution in [3.05, 3.63) is 18.0 Å². The van der Waals surface area contributed by atoms with Crippen molar-refractivity contribution in [2.24, 2.45) is 0 Å². The average molecular weight is 220 g/mol. The molecule has 0 aromatic carbocycles. The first kappa shape index (κ1) is 11.3. The molecule has 1 aromatic heterocycles. The molecular formula is C12H20N4. The maximum atomic E-state index is 4.20. The molecular weight excluding hydrogens is 200 g/mol. The Morgan fingerprint density at radius 1 is 1.19 bits per heavy atom. The molecule has 4 heteroatoms. The van der Waals surface area contributed by atoms with Gasteiger partial charge in [0.1, 0.15) is 0 Å². The lowest BCUT2D eigenvalue weighted by atomic mass is 9.95. The standard InChI is InChI=1S/C12H20N4/c1-13-12-15-8-10(9-16-12)7-14-11-5-3-2-4-6-11/h8-9,11,14H,2-7H2,1H3,(H,13,15,16). The first-order chi connectivity index (χ1) is 7.88. The van der Waals surface area contributed by atoms with E-state index in [1.165, 1.54) is 32.1 Å². The van der Waals surface area contributed by atoms with Crippen molar-refractivity contribution >= 4 is 5.95 Å². The SMILES string of the molecule is CNc1ncc(CNC2CCCCC2)cn1. The Bertz CT molecular complexity index is 303. The molecule has 1 heterocycles. The minimum atomic E-state index is 0.682. The van der Waals surface area contributed by atoms with Crippen LogP contribution in [0.25, 0.3) is 0 Å². The molecule has 88 valence electrons. The highest BCUT2D eigenvalue weighted by Crippen LogP contribution is 2.17. The van der Waals surface area contributed by atoms with Gasteiger partial charge in [-0.2, -0.15) is 0 Å². The van der Waals surface area contributed by atoms with E-state index in [0.29, 0.717) is 12.0 Å². The van der Waals surface area contributed by atoms with Crippen LogP contribution in [0.15, 0.2) is 12.4 Å². The van der Waals surface area contributed by atoms with Crippen molar-refractivity contribution < 1.29 is 0 Å². The molecule has 0 radical (unpaired) electrons. The van der Waals surface area contributed by atoms with Gasteiger partial charge in [-0.1, -0.05) is 19.3 Å². The van der Waals surface area contributed by atoms with Gasteiger partial charge in [-0.15, -0.1) is 0 Å². The Balaban J connectivity index is 1.79. The molecule has 0 amide bonds. The molecule has 0 unspecified atom stereocenters. The van der Waals surface area contributed by atoms with E-state index in [2.05, 4.69) is 20.6 Å². The summed E-state index contributed by atoms with van der Waals surface area (Å²) in [6.07, 6.45) is 10.5. The van der Waals surface area contributed by atoms with Gasteiger partial charge in [0.25, 0.3) is 0 Å². The van der Waals surface area contributed by atoms with Crippen molar-refractivity contribution in [3.63, 3.8) is 0 Å². The summed E-state index contributed by atoms with van der Waals surface area (Å²) in [6.45, 7) is 0.884. The van der Waals surface area contributed by atoms with Crippen molar-refractivity contribution in [1.82, 2.24) is 15.3 Å². The number of nitrogens with one attached hydrogen (secondary N) is 2. The van der Waals surface area contributed by atoms with Crippen LogP contribution in [0.1, 0.15) is 37.7 Å². The van der Waals surface area contributed by atoms with E-state index in [9.17, 15) is 0 Å². The third-order valence-electron chi connectivity index (χ3n) is 3.13. The second-order valence-corrected chi connectivity index (χ2v) is 4.38. The highest BCUT2D eigenvalue weighted by Gasteiger charge is 2.12. The van der Waals surface area contributed by atoms with E-state index < -0.39 is 0 Å². The predicted octanol–water partition coefficient (Wildman–Crippen LogP) is 1.94. The van der Waals surface area contributed by atoms with Crippen LogP contribution in [-0.4, -0.2) is 23.1 Å². The summed E-state index contributed by atoms with van der Waals surface area (Å²) in [6, 6.07) is 0.692. The molecule has 1 fully saturated rings. The molecule has 1 aromatic rings. The smallest absolute Gasteiger partial charge is 0.222 e. The maximum Gasteiger partial charge on any atom is 0.222 e. The van der Waals surface area contributed by atoms with Gasteiger partial charge in [-0.25, -0.2) is 9.97 Å². The van der Waals surface area contributed by atoms with Gasteiger partial charge < -0.3 is 10.6 Å². The molecule has 2 N–H and O–H groups in total. The lowest BCUT2D eigenvalue weighted by molar-refractivity contribution is 0.372. The van der Waals surface area contributed by atoms with Crippen LogP contribution in [0, 0.1) is 0 Å². The second-order valence-electron chi connectivity index (χ2n) is 4.38. The van der Waals surface area contributed by atoms with Gasteiger partial charge in [-0.3, -0.25) is 0 Å². The number of rotatable bonds is 4. The second kappa shape index (κ2) is 5.80. The molecule has 0 saturated heterocycles. The molecule has 1 aliphatic rings. The number of hydrogen-bond donors (Lipinski definition) is 2. The number of hydrogen-bond acceptors (Lipinski definition) is 4. The monoisotopic (exact) mass is 220 g/mol. The van der Waals surface area contributed by atoms with E-state index in [1.807, 2.05) is 19.4 Å². The zero-order valence-electron chi connectivity index (χ0n) is 9.87. The summed E-state index contributed by atoms with van der Waals surface area (Å²) in [5, 5.41) is 6.49. The van der Waals surface area contributed by atoms with Crippen LogP contribution in [0.4, 0.5) is 5.95 Å². The van der Waals surface area contributed by atoms with Crippen LogP contribution < -0.4 is 10.6 Å². The highest BCUT2D eigenvalue weighted by molar-refractivity contribution is 5.23. The first-order valence-electron chi connectivity index (χ1n) is 6.10. The van der Waals surface area contributed by atoms with Crippen molar-refractivity contribution in [1.29, 1.82) is 0 Å².